The third-order valence-corrected chi connectivity index (χ3v) is 5.78. The fourth-order valence-electron chi connectivity index (χ4n) is 2.40. The monoisotopic (exact) mass is 369 g/mol. The number of likely N-dealkylation sites (N-methyl/N-ethyl adjacent to an activating group) is 1. The van der Waals surface area contributed by atoms with Crippen LogP contribution in [0, 0.1) is 6.92 Å². The molecule has 25 heavy (non-hydrogen) atoms. The molecule has 1 unspecified atom stereocenters. The highest BCUT2D eigenvalue weighted by atomic mass is 32.2. The van der Waals surface area contributed by atoms with Crippen molar-refractivity contribution in [2.75, 3.05) is 25.5 Å². The molecule has 0 bridgehead atoms. The maximum atomic E-state index is 12.8. The topological polar surface area (TPSA) is 105 Å². The maximum absolute atomic E-state index is 12.8. The van der Waals surface area contributed by atoms with Crippen LogP contribution < -0.4 is 15.4 Å². The van der Waals surface area contributed by atoms with Gasteiger partial charge in [0.15, 0.2) is 6.10 Å². The molecule has 0 saturated heterocycles. The van der Waals surface area contributed by atoms with E-state index in [0.717, 1.165) is 10.7 Å². The molecule has 2 rings (SSSR count). The van der Waals surface area contributed by atoms with Gasteiger partial charge >= 0.3 is 0 Å². The van der Waals surface area contributed by atoms with Crippen LogP contribution in [0.1, 0.15) is 25.8 Å². The van der Waals surface area contributed by atoms with E-state index in [9.17, 15) is 18.0 Å². The molecule has 0 fully saturated rings. The van der Waals surface area contributed by atoms with Gasteiger partial charge in [0, 0.05) is 19.7 Å². The van der Waals surface area contributed by atoms with Crippen LogP contribution in [0.4, 0.5) is 5.69 Å². The summed E-state index contributed by atoms with van der Waals surface area (Å²) in [6, 6.07) is 2.94. The number of anilines is 1. The summed E-state index contributed by atoms with van der Waals surface area (Å²) in [5, 5.41) is 5.32. The number of hydrogen-bond donors (Lipinski definition) is 2. The number of carbonyl (C=O) groups is 2. The molecule has 2 amide bonds. The van der Waals surface area contributed by atoms with Crippen molar-refractivity contribution in [1.29, 1.82) is 0 Å². The fraction of sp³-hybridized carbons (Fsp3) is 0.500. The Morgan fingerprint density at radius 2 is 2.08 bits per heavy atom. The second kappa shape index (κ2) is 7.40. The lowest BCUT2D eigenvalue weighted by molar-refractivity contribution is -0.123. The Morgan fingerprint density at radius 3 is 2.72 bits per heavy atom. The first-order valence-electron chi connectivity index (χ1n) is 8.02. The Kier molecular flexibility index (Phi) is 5.69. The lowest BCUT2D eigenvalue weighted by Gasteiger charge is -2.25. The Hall–Kier alpha value is -2.13. The van der Waals surface area contributed by atoms with Crippen molar-refractivity contribution in [3.05, 3.63) is 17.7 Å². The van der Waals surface area contributed by atoms with Gasteiger partial charge < -0.3 is 15.4 Å². The molecule has 1 atom stereocenters. The summed E-state index contributed by atoms with van der Waals surface area (Å²) in [6.45, 7) is 5.35. The number of nitrogens with one attached hydrogen (secondary N) is 2. The highest BCUT2D eigenvalue weighted by molar-refractivity contribution is 7.89. The molecule has 0 aromatic heterocycles. The second-order valence-corrected chi connectivity index (χ2v) is 7.99. The minimum atomic E-state index is -3.87. The van der Waals surface area contributed by atoms with Crippen LogP contribution in [0.25, 0.3) is 0 Å². The normalized spacial score (nSPS) is 16.8. The van der Waals surface area contributed by atoms with Gasteiger partial charge in [0.25, 0.3) is 5.91 Å². The maximum Gasteiger partial charge on any atom is 0.265 e. The van der Waals surface area contributed by atoms with Gasteiger partial charge in [-0.25, -0.2) is 8.42 Å². The largest absolute Gasteiger partial charge is 0.479 e. The summed E-state index contributed by atoms with van der Waals surface area (Å²) in [4.78, 5) is 23.5. The van der Waals surface area contributed by atoms with Crippen molar-refractivity contribution < 1.29 is 22.7 Å². The van der Waals surface area contributed by atoms with E-state index in [1.807, 2.05) is 6.92 Å². The average molecular weight is 369 g/mol. The van der Waals surface area contributed by atoms with Gasteiger partial charge in [0.05, 0.1) is 17.1 Å². The second-order valence-electron chi connectivity index (χ2n) is 5.97. The van der Waals surface area contributed by atoms with Gasteiger partial charge in [-0.15, -0.1) is 0 Å². The average Bonchev–Trinajstić information content (AvgIpc) is 2.53. The van der Waals surface area contributed by atoms with Crippen molar-refractivity contribution in [2.45, 2.75) is 38.2 Å². The standard InChI is InChI=1S/C16H23N3O5S/c1-5-6-17-15(20)9-19(4)25(22,23)14-8-13-12(7-10(14)2)18-16(21)11(3)24-13/h7-8,11H,5-6,9H2,1-4H3,(H,17,20)(H,18,21). The van der Waals surface area contributed by atoms with E-state index in [0.29, 0.717) is 23.5 Å². The summed E-state index contributed by atoms with van der Waals surface area (Å²) in [5.41, 5.74) is 0.890. The van der Waals surface area contributed by atoms with Gasteiger partial charge in [-0.05, 0) is 31.9 Å². The van der Waals surface area contributed by atoms with Gasteiger partial charge in [-0.1, -0.05) is 6.92 Å². The lowest BCUT2D eigenvalue weighted by atomic mass is 10.1. The molecular weight excluding hydrogens is 346 g/mol. The summed E-state index contributed by atoms with van der Waals surface area (Å²) >= 11 is 0. The molecule has 2 N–H and O–H groups in total. The zero-order chi connectivity index (χ0) is 18.8. The van der Waals surface area contributed by atoms with Crippen LogP contribution in [0.5, 0.6) is 5.75 Å². The number of aryl methyl sites for hydroxylation is 1. The molecule has 0 radical (unpaired) electrons. The van der Waals surface area contributed by atoms with E-state index < -0.39 is 16.1 Å². The number of sulfonamides is 1. The Labute approximate surface area is 147 Å². The minimum absolute atomic E-state index is 0.0420. The van der Waals surface area contributed by atoms with Crippen LogP contribution in [0.2, 0.25) is 0 Å². The van der Waals surface area contributed by atoms with Gasteiger partial charge in [0.2, 0.25) is 15.9 Å². The number of nitrogens with zero attached hydrogens (tertiary/aromatic N) is 1. The van der Waals surface area contributed by atoms with Gasteiger partial charge in [-0.2, -0.15) is 4.31 Å². The zero-order valence-corrected chi connectivity index (χ0v) is 15.6. The van der Waals surface area contributed by atoms with Crippen molar-refractivity contribution in [2.24, 2.45) is 0 Å². The molecule has 8 nitrogen and oxygen atoms in total. The van der Waals surface area contributed by atoms with Crippen molar-refractivity contribution >= 4 is 27.5 Å². The molecule has 1 heterocycles. The van der Waals surface area contributed by atoms with E-state index >= 15 is 0 Å². The Bertz CT molecular complexity index is 791. The number of carbonyl (C=O) groups excluding carboxylic acids is 2. The first-order chi connectivity index (χ1) is 11.7. The summed E-state index contributed by atoms with van der Waals surface area (Å²) < 4.78 is 32.1. The van der Waals surface area contributed by atoms with Crippen LogP contribution >= 0.6 is 0 Å². The number of amides is 2. The fourth-order valence-corrected chi connectivity index (χ4v) is 3.74. The van der Waals surface area contributed by atoms with Crippen molar-refractivity contribution in [3.63, 3.8) is 0 Å². The predicted octanol–water partition coefficient (Wildman–Crippen LogP) is 0.861. The minimum Gasteiger partial charge on any atom is -0.479 e. The zero-order valence-electron chi connectivity index (χ0n) is 14.8. The molecule has 1 aromatic carbocycles. The smallest absolute Gasteiger partial charge is 0.265 e. The van der Waals surface area contributed by atoms with Gasteiger partial charge in [0.1, 0.15) is 5.75 Å². The summed E-state index contributed by atoms with van der Waals surface area (Å²) in [5.74, 6) is -0.354. The molecule has 1 aliphatic rings. The number of hydrogen-bond acceptors (Lipinski definition) is 5. The first-order valence-corrected chi connectivity index (χ1v) is 9.46. The highest BCUT2D eigenvalue weighted by Gasteiger charge is 2.29. The Balaban J connectivity index is 2.29. The molecule has 0 aliphatic carbocycles. The molecule has 1 aromatic rings. The number of benzene rings is 1. The SMILES string of the molecule is CCCNC(=O)CN(C)S(=O)(=O)c1cc2c(cc1C)NC(=O)C(C)O2. The van der Waals surface area contributed by atoms with E-state index in [1.54, 1.807) is 19.9 Å². The van der Waals surface area contributed by atoms with Crippen molar-refractivity contribution in [3.8, 4) is 5.75 Å². The molecule has 9 heteroatoms. The highest BCUT2D eigenvalue weighted by Crippen LogP contribution is 2.35. The van der Waals surface area contributed by atoms with Crippen molar-refractivity contribution in [1.82, 2.24) is 9.62 Å². The quantitative estimate of drug-likeness (QED) is 0.774. The number of fused-ring (bicyclic) bond motifs is 1. The molecule has 1 aliphatic heterocycles. The molecule has 0 spiro atoms. The van der Waals surface area contributed by atoms with E-state index in [1.165, 1.54) is 13.1 Å². The number of rotatable bonds is 6. The number of ether oxygens (including phenoxy) is 1. The predicted molar refractivity (Wildman–Crippen MR) is 93.0 cm³/mol. The van der Waals surface area contributed by atoms with E-state index in [4.69, 9.17) is 4.74 Å². The summed E-state index contributed by atoms with van der Waals surface area (Å²) in [7, 11) is -2.52. The van der Waals surface area contributed by atoms with Crippen LogP contribution in [0.3, 0.4) is 0 Å². The molecule has 138 valence electrons. The summed E-state index contributed by atoms with van der Waals surface area (Å²) in [6.07, 6.45) is 0.0659. The third-order valence-electron chi connectivity index (χ3n) is 3.83. The molecular formula is C16H23N3O5S. The van der Waals surface area contributed by atoms with E-state index in [-0.39, 0.29) is 23.3 Å². The van der Waals surface area contributed by atoms with Crippen LogP contribution in [-0.2, 0) is 19.6 Å². The first kappa shape index (κ1) is 19.2. The van der Waals surface area contributed by atoms with Crippen LogP contribution in [-0.4, -0.2) is 50.8 Å². The lowest BCUT2D eigenvalue weighted by Crippen LogP contribution is -2.39. The van der Waals surface area contributed by atoms with Crippen LogP contribution in [0.15, 0.2) is 17.0 Å². The Morgan fingerprint density at radius 1 is 1.40 bits per heavy atom. The third kappa shape index (κ3) is 4.10. The van der Waals surface area contributed by atoms with E-state index in [2.05, 4.69) is 10.6 Å². The van der Waals surface area contributed by atoms with Gasteiger partial charge in [-0.3, -0.25) is 9.59 Å². The molecule has 0 saturated carbocycles.